The molecule has 1 unspecified atom stereocenters. The first kappa shape index (κ1) is 22.9. The van der Waals surface area contributed by atoms with Gasteiger partial charge in [-0.15, -0.1) is 0 Å². The quantitative estimate of drug-likeness (QED) is 0.347. The van der Waals surface area contributed by atoms with Crippen LogP contribution in [0.25, 0.3) is 11.1 Å². The minimum atomic E-state index is -0.814. The van der Waals surface area contributed by atoms with Gasteiger partial charge in [0.1, 0.15) is 24.3 Å². The van der Waals surface area contributed by atoms with Gasteiger partial charge in [-0.3, -0.25) is 0 Å². The van der Waals surface area contributed by atoms with E-state index in [4.69, 9.17) is 14.2 Å². The van der Waals surface area contributed by atoms with Crippen molar-refractivity contribution in [3.63, 3.8) is 0 Å². The maximum absolute atomic E-state index is 15.0. The molecule has 1 atom stereocenters. The van der Waals surface area contributed by atoms with E-state index in [2.05, 4.69) is 0 Å². The molecule has 3 aromatic carbocycles. The van der Waals surface area contributed by atoms with Crippen molar-refractivity contribution >= 4 is 0 Å². The first-order valence-corrected chi connectivity index (χ1v) is 11.7. The summed E-state index contributed by atoms with van der Waals surface area (Å²) in [5.41, 5.74) is 2.66. The molecule has 178 valence electrons. The van der Waals surface area contributed by atoms with Crippen LogP contribution in [0.15, 0.2) is 54.6 Å². The molecule has 0 spiro atoms. The van der Waals surface area contributed by atoms with Crippen molar-refractivity contribution in [3.8, 4) is 16.9 Å². The Bertz CT molecular complexity index is 1150. The van der Waals surface area contributed by atoms with Crippen LogP contribution in [0.5, 0.6) is 5.75 Å². The van der Waals surface area contributed by atoms with Gasteiger partial charge in [0, 0.05) is 24.3 Å². The van der Waals surface area contributed by atoms with E-state index in [0.717, 1.165) is 31.2 Å². The molecule has 0 N–H and O–H groups in total. The fourth-order valence-corrected chi connectivity index (χ4v) is 4.75. The topological polar surface area (TPSA) is 31.0 Å². The standard InChI is InChI=1S/C28H27F3O3/c1-32-20-8-6-19(7-9-20)23-13-12-22(27(30)28(23)31)18-4-2-17(3-5-18)15-33-21-10-11-24(25(29)14-21)26-16-34-26/h2-5,10-14,19-20,26H,6-9,15-16H2,1H3. The summed E-state index contributed by atoms with van der Waals surface area (Å²) in [4.78, 5) is 0. The summed E-state index contributed by atoms with van der Waals surface area (Å²) in [5.74, 6) is -1.47. The number of rotatable bonds is 7. The van der Waals surface area contributed by atoms with Crippen LogP contribution in [0, 0.1) is 17.5 Å². The van der Waals surface area contributed by atoms with Gasteiger partial charge in [0.15, 0.2) is 11.6 Å². The van der Waals surface area contributed by atoms with Crippen LogP contribution in [0.3, 0.4) is 0 Å². The zero-order chi connectivity index (χ0) is 23.7. The van der Waals surface area contributed by atoms with Crippen molar-refractivity contribution in [2.24, 2.45) is 0 Å². The molecule has 1 saturated carbocycles. The number of hydrogen-bond acceptors (Lipinski definition) is 3. The van der Waals surface area contributed by atoms with Gasteiger partial charge in [0.05, 0.1) is 12.7 Å². The predicted molar refractivity (Wildman–Crippen MR) is 123 cm³/mol. The second kappa shape index (κ2) is 9.80. The van der Waals surface area contributed by atoms with E-state index < -0.39 is 11.6 Å². The average Bonchev–Trinajstić information content (AvgIpc) is 3.70. The third-order valence-corrected chi connectivity index (χ3v) is 6.88. The van der Waals surface area contributed by atoms with Gasteiger partial charge in [-0.2, -0.15) is 0 Å². The van der Waals surface area contributed by atoms with Crippen LogP contribution < -0.4 is 4.74 Å². The van der Waals surface area contributed by atoms with Gasteiger partial charge in [-0.25, -0.2) is 13.2 Å². The first-order chi connectivity index (χ1) is 16.5. The number of epoxide rings is 1. The van der Waals surface area contributed by atoms with Crippen molar-refractivity contribution in [1.82, 2.24) is 0 Å². The molecular formula is C28H27F3O3. The van der Waals surface area contributed by atoms with Crippen molar-refractivity contribution in [2.75, 3.05) is 13.7 Å². The molecule has 0 amide bonds. The van der Waals surface area contributed by atoms with Crippen molar-refractivity contribution in [3.05, 3.63) is 88.7 Å². The van der Waals surface area contributed by atoms with E-state index in [9.17, 15) is 13.2 Å². The molecule has 1 saturated heterocycles. The molecule has 5 rings (SSSR count). The number of hydrogen-bond donors (Lipinski definition) is 0. The zero-order valence-corrected chi connectivity index (χ0v) is 19.0. The summed E-state index contributed by atoms with van der Waals surface area (Å²) in [5, 5.41) is 0. The van der Waals surface area contributed by atoms with E-state index >= 15 is 0 Å². The Morgan fingerprint density at radius 2 is 1.56 bits per heavy atom. The van der Waals surface area contributed by atoms with Gasteiger partial charge in [0.25, 0.3) is 0 Å². The Hall–Kier alpha value is -2.83. The van der Waals surface area contributed by atoms with Gasteiger partial charge in [-0.1, -0.05) is 36.4 Å². The molecule has 2 fully saturated rings. The van der Waals surface area contributed by atoms with E-state index in [1.807, 2.05) is 0 Å². The normalized spacial score (nSPS) is 21.9. The van der Waals surface area contributed by atoms with Gasteiger partial charge in [0.2, 0.25) is 0 Å². The summed E-state index contributed by atoms with van der Waals surface area (Å²) in [7, 11) is 1.69. The lowest BCUT2D eigenvalue weighted by molar-refractivity contribution is 0.0655. The molecular weight excluding hydrogens is 441 g/mol. The zero-order valence-electron chi connectivity index (χ0n) is 19.0. The monoisotopic (exact) mass is 468 g/mol. The second-order valence-electron chi connectivity index (χ2n) is 9.03. The van der Waals surface area contributed by atoms with E-state index in [0.29, 0.717) is 29.0 Å². The summed E-state index contributed by atoms with van der Waals surface area (Å²) >= 11 is 0. The van der Waals surface area contributed by atoms with E-state index in [1.54, 1.807) is 55.6 Å². The Labute approximate surface area is 197 Å². The molecule has 1 heterocycles. The fourth-order valence-electron chi connectivity index (χ4n) is 4.75. The molecule has 3 aromatic rings. The SMILES string of the molecule is COC1CCC(c2ccc(-c3ccc(COc4ccc(C5CO5)c(F)c4)cc3)c(F)c2F)CC1. The van der Waals surface area contributed by atoms with Crippen LogP contribution >= 0.6 is 0 Å². The lowest BCUT2D eigenvalue weighted by atomic mass is 9.82. The molecule has 3 nitrogen and oxygen atoms in total. The van der Waals surface area contributed by atoms with Crippen molar-refractivity contribution in [2.45, 2.75) is 50.4 Å². The second-order valence-corrected chi connectivity index (χ2v) is 9.03. The van der Waals surface area contributed by atoms with Crippen LogP contribution in [-0.2, 0) is 16.1 Å². The maximum atomic E-state index is 15.0. The molecule has 0 aromatic heterocycles. The minimum Gasteiger partial charge on any atom is -0.489 e. The molecule has 1 aliphatic heterocycles. The summed E-state index contributed by atoms with van der Waals surface area (Å²) < 4.78 is 60.2. The summed E-state index contributed by atoms with van der Waals surface area (Å²) in [6.07, 6.45) is 3.37. The fraction of sp³-hybridized carbons (Fsp3) is 0.357. The highest BCUT2D eigenvalue weighted by Gasteiger charge is 2.28. The number of methoxy groups -OCH3 is 1. The Morgan fingerprint density at radius 3 is 2.21 bits per heavy atom. The summed E-state index contributed by atoms with van der Waals surface area (Å²) in [6, 6.07) is 15.2. The number of benzene rings is 3. The molecule has 34 heavy (non-hydrogen) atoms. The average molecular weight is 469 g/mol. The highest BCUT2D eigenvalue weighted by Crippen LogP contribution is 2.38. The largest absolute Gasteiger partial charge is 0.489 e. The van der Waals surface area contributed by atoms with Crippen LogP contribution in [0.2, 0.25) is 0 Å². The maximum Gasteiger partial charge on any atom is 0.166 e. The Kier molecular flexibility index (Phi) is 6.61. The van der Waals surface area contributed by atoms with Gasteiger partial charge in [-0.05, 0) is 60.4 Å². The Balaban J connectivity index is 1.25. The highest BCUT2D eigenvalue weighted by atomic mass is 19.2. The number of ether oxygens (including phenoxy) is 3. The Morgan fingerprint density at radius 1 is 0.853 bits per heavy atom. The highest BCUT2D eigenvalue weighted by molar-refractivity contribution is 5.65. The predicted octanol–water partition coefficient (Wildman–Crippen LogP) is 7.09. The summed E-state index contributed by atoms with van der Waals surface area (Å²) in [6.45, 7) is 0.783. The van der Waals surface area contributed by atoms with Gasteiger partial charge < -0.3 is 14.2 Å². The first-order valence-electron chi connectivity index (χ1n) is 11.7. The van der Waals surface area contributed by atoms with E-state index in [-0.39, 0.29) is 36.1 Å². The van der Waals surface area contributed by atoms with Crippen LogP contribution in [-0.4, -0.2) is 19.8 Å². The van der Waals surface area contributed by atoms with Gasteiger partial charge >= 0.3 is 0 Å². The number of halogens is 3. The molecule has 1 aliphatic carbocycles. The van der Waals surface area contributed by atoms with Crippen molar-refractivity contribution in [1.29, 1.82) is 0 Å². The minimum absolute atomic E-state index is 0.0187. The molecule has 2 aliphatic rings. The molecule has 6 heteroatoms. The molecule has 0 bridgehead atoms. The third-order valence-electron chi connectivity index (χ3n) is 6.88. The van der Waals surface area contributed by atoms with Crippen LogP contribution in [0.4, 0.5) is 13.2 Å². The van der Waals surface area contributed by atoms with Crippen molar-refractivity contribution < 1.29 is 27.4 Å². The lowest BCUT2D eigenvalue weighted by Crippen LogP contribution is -2.20. The third kappa shape index (κ3) is 4.84. The molecule has 0 radical (unpaired) electrons. The van der Waals surface area contributed by atoms with E-state index in [1.165, 1.54) is 6.07 Å². The lowest BCUT2D eigenvalue weighted by Gasteiger charge is -2.28. The van der Waals surface area contributed by atoms with Crippen LogP contribution in [0.1, 0.15) is 54.4 Å². The smallest absolute Gasteiger partial charge is 0.166 e.